The first-order chi connectivity index (χ1) is 14.6. The summed E-state index contributed by atoms with van der Waals surface area (Å²) >= 11 is 0. The summed E-state index contributed by atoms with van der Waals surface area (Å²) in [5.41, 5.74) is 2.58. The van der Waals surface area contributed by atoms with E-state index in [1.807, 2.05) is 61.5 Å². The molecule has 0 saturated heterocycles. The van der Waals surface area contributed by atoms with Crippen molar-refractivity contribution >= 4 is 0 Å². The summed E-state index contributed by atoms with van der Waals surface area (Å²) in [5, 5.41) is 0. The van der Waals surface area contributed by atoms with Crippen molar-refractivity contribution in [3.05, 3.63) is 95.9 Å². The van der Waals surface area contributed by atoms with Crippen LogP contribution in [0.1, 0.15) is 17.0 Å². The molecule has 4 nitrogen and oxygen atoms in total. The number of alkyl halides is 2. The maximum absolute atomic E-state index is 12.3. The molecular formula is C24H19F2NO3. The Bertz CT molecular complexity index is 1090. The van der Waals surface area contributed by atoms with Crippen molar-refractivity contribution in [1.82, 2.24) is 4.98 Å². The predicted molar refractivity (Wildman–Crippen MR) is 109 cm³/mol. The Labute approximate surface area is 172 Å². The van der Waals surface area contributed by atoms with Crippen LogP contribution in [-0.4, -0.2) is 11.6 Å². The second kappa shape index (κ2) is 8.78. The molecule has 30 heavy (non-hydrogen) atoms. The van der Waals surface area contributed by atoms with Gasteiger partial charge in [0.15, 0.2) is 0 Å². The Hall–Kier alpha value is -3.67. The average molecular weight is 407 g/mol. The minimum Gasteiger partial charge on any atom is -0.457 e. The van der Waals surface area contributed by atoms with Crippen molar-refractivity contribution in [2.75, 3.05) is 0 Å². The first-order valence-corrected chi connectivity index (χ1v) is 9.40. The highest BCUT2D eigenvalue weighted by Crippen LogP contribution is 2.27. The van der Waals surface area contributed by atoms with E-state index in [-0.39, 0.29) is 5.75 Å². The first-order valence-electron chi connectivity index (χ1n) is 9.40. The second-order valence-electron chi connectivity index (χ2n) is 6.66. The van der Waals surface area contributed by atoms with Gasteiger partial charge in [-0.05, 0) is 61.0 Å². The van der Waals surface area contributed by atoms with Crippen LogP contribution in [0.2, 0.25) is 0 Å². The number of benzene rings is 3. The smallest absolute Gasteiger partial charge is 0.387 e. The quantitative estimate of drug-likeness (QED) is 0.345. The number of hydrogen-bond acceptors (Lipinski definition) is 4. The summed E-state index contributed by atoms with van der Waals surface area (Å²) in [6.45, 7) is -0.997. The molecule has 0 aliphatic rings. The van der Waals surface area contributed by atoms with Crippen molar-refractivity contribution in [1.29, 1.82) is 0 Å². The zero-order valence-electron chi connectivity index (χ0n) is 16.2. The van der Waals surface area contributed by atoms with Gasteiger partial charge in [0, 0.05) is 12.0 Å². The van der Waals surface area contributed by atoms with E-state index < -0.39 is 6.61 Å². The third-order valence-electron chi connectivity index (χ3n) is 4.49. The van der Waals surface area contributed by atoms with Gasteiger partial charge in [0.25, 0.3) is 0 Å². The van der Waals surface area contributed by atoms with Crippen LogP contribution in [-0.2, 0) is 6.42 Å². The van der Waals surface area contributed by atoms with E-state index in [9.17, 15) is 8.78 Å². The summed E-state index contributed by atoms with van der Waals surface area (Å²) in [4.78, 5) is 4.57. The molecule has 0 bridgehead atoms. The molecule has 152 valence electrons. The van der Waals surface area contributed by atoms with Crippen LogP contribution in [0.15, 0.2) is 83.3 Å². The minimum atomic E-state index is -2.85. The Balaban J connectivity index is 1.44. The Morgan fingerprint density at radius 2 is 1.47 bits per heavy atom. The normalized spacial score (nSPS) is 10.9. The number of aryl methyl sites for hydroxylation is 1. The number of aromatic nitrogens is 1. The van der Waals surface area contributed by atoms with Gasteiger partial charge in [-0.15, -0.1) is 0 Å². The zero-order chi connectivity index (χ0) is 20.9. The monoisotopic (exact) mass is 407 g/mol. The lowest BCUT2D eigenvalue weighted by atomic mass is 10.1. The molecule has 1 heterocycles. The van der Waals surface area contributed by atoms with Gasteiger partial charge in [-0.25, -0.2) is 4.98 Å². The van der Waals surface area contributed by atoms with Gasteiger partial charge in [-0.2, -0.15) is 8.78 Å². The number of para-hydroxylation sites is 1. The van der Waals surface area contributed by atoms with Crippen LogP contribution in [0.3, 0.4) is 0 Å². The van der Waals surface area contributed by atoms with Crippen molar-refractivity contribution < 1.29 is 22.7 Å². The van der Waals surface area contributed by atoms with E-state index in [0.717, 1.165) is 22.8 Å². The summed E-state index contributed by atoms with van der Waals surface area (Å²) in [6, 6.07) is 23.6. The SMILES string of the molecule is Cc1oc(-c2ccc(OC(F)F)cc2)nc1Cc1ccc(Oc2ccccc2)cc1. The van der Waals surface area contributed by atoms with Gasteiger partial charge in [-0.3, -0.25) is 0 Å². The number of oxazole rings is 1. The molecule has 4 aromatic rings. The van der Waals surface area contributed by atoms with Gasteiger partial charge >= 0.3 is 6.61 Å². The summed E-state index contributed by atoms with van der Waals surface area (Å²) in [6.07, 6.45) is 0.605. The maximum atomic E-state index is 12.3. The van der Waals surface area contributed by atoms with E-state index in [2.05, 4.69) is 9.72 Å². The molecule has 0 aliphatic carbocycles. The molecule has 0 aliphatic heterocycles. The fourth-order valence-electron chi connectivity index (χ4n) is 2.99. The van der Waals surface area contributed by atoms with Crippen LogP contribution in [0, 0.1) is 6.92 Å². The van der Waals surface area contributed by atoms with Crippen LogP contribution >= 0.6 is 0 Å². The molecule has 0 unspecified atom stereocenters. The Morgan fingerprint density at radius 3 is 2.13 bits per heavy atom. The van der Waals surface area contributed by atoms with Crippen LogP contribution in [0.25, 0.3) is 11.5 Å². The van der Waals surface area contributed by atoms with Crippen LogP contribution in [0.5, 0.6) is 17.2 Å². The molecular weight excluding hydrogens is 388 g/mol. The maximum Gasteiger partial charge on any atom is 0.387 e. The topological polar surface area (TPSA) is 44.5 Å². The average Bonchev–Trinajstić information content (AvgIpc) is 3.10. The second-order valence-corrected chi connectivity index (χ2v) is 6.66. The van der Waals surface area contributed by atoms with Crippen molar-refractivity contribution in [2.45, 2.75) is 20.0 Å². The van der Waals surface area contributed by atoms with Gasteiger partial charge in [0.1, 0.15) is 23.0 Å². The Kier molecular flexibility index (Phi) is 5.75. The summed E-state index contributed by atoms with van der Waals surface area (Å²) in [7, 11) is 0. The predicted octanol–water partition coefficient (Wildman–Crippen LogP) is 6.63. The molecule has 0 fully saturated rings. The van der Waals surface area contributed by atoms with E-state index >= 15 is 0 Å². The fourth-order valence-corrected chi connectivity index (χ4v) is 2.99. The number of nitrogens with zero attached hydrogens (tertiary/aromatic N) is 1. The van der Waals surface area contributed by atoms with Crippen LogP contribution < -0.4 is 9.47 Å². The van der Waals surface area contributed by atoms with Gasteiger partial charge in [0.2, 0.25) is 5.89 Å². The number of halogens is 2. The molecule has 0 N–H and O–H groups in total. The molecule has 6 heteroatoms. The molecule has 0 spiro atoms. The number of hydrogen-bond donors (Lipinski definition) is 0. The highest BCUT2D eigenvalue weighted by molar-refractivity contribution is 5.55. The highest BCUT2D eigenvalue weighted by Gasteiger charge is 2.13. The first kappa shape index (κ1) is 19.6. The van der Waals surface area contributed by atoms with E-state index in [1.165, 1.54) is 12.1 Å². The van der Waals surface area contributed by atoms with Crippen molar-refractivity contribution in [3.63, 3.8) is 0 Å². The lowest BCUT2D eigenvalue weighted by molar-refractivity contribution is -0.0498. The largest absolute Gasteiger partial charge is 0.457 e. The number of ether oxygens (including phenoxy) is 2. The van der Waals surface area contributed by atoms with Crippen molar-refractivity contribution in [2.24, 2.45) is 0 Å². The van der Waals surface area contributed by atoms with Gasteiger partial charge < -0.3 is 13.9 Å². The van der Waals surface area contributed by atoms with Crippen molar-refractivity contribution in [3.8, 4) is 28.7 Å². The van der Waals surface area contributed by atoms with E-state index in [4.69, 9.17) is 9.15 Å². The lowest BCUT2D eigenvalue weighted by Crippen LogP contribution is -2.01. The molecule has 0 atom stereocenters. The fraction of sp³-hybridized carbons (Fsp3) is 0.125. The van der Waals surface area contributed by atoms with Gasteiger partial charge in [-0.1, -0.05) is 30.3 Å². The Morgan fingerprint density at radius 1 is 0.833 bits per heavy atom. The minimum absolute atomic E-state index is 0.0927. The van der Waals surface area contributed by atoms with Gasteiger partial charge in [0.05, 0.1) is 5.69 Å². The summed E-state index contributed by atoms with van der Waals surface area (Å²) < 4.78 is 40.5. The highest BCUT2D eigenvalue weighted by atomic mass is 19.3. The third kappa shape index (κ3) is 4.84. The molecule has 0 amide bonds. The zero-order valence-corrected chi connectivity index (χ0v) is 16.2. The van der Waals surface area contributed by atoms with E-state index in [0.29, 0.717) is 23.6 Å². The molecule has 0 radical (unpaired) electrons. The number of rotatable bonds is 7. The summed E-state index contributed by atoms with van der Waals surface area (Å²) in [5.74, 6) is 2.79. The van der Waals surface area contributed by atoms with E-state index in [1.54, 1.807) is 12.1 Å². The molecule has 4 rings (SSSR count). The van der Waals surface area contributed by atoms with Crippen LogP contribution in [0.4, 0.5) is 8.78 Å². The lowest BCUT2D eigenvalue weighted by Gasteiger charge is -2.06. The third-order valence-corrected chi connectivity index (χ3v) is 4.49. The standard InChI is InChI=1S/C24H19F2NO3/c1-16-22(27-23(28-16)18-9-13-21(14-10-18)30-24(25)26)15-17-7-11-20(12-8-17)29-19-5-3-2-4-6-19/h2-14,24H,15H2,1H3. The molecule has 0 saturated carbocycles. The molecule has 3 aromatic carbocycles. The molecule has 1 aromatic heterocycles.